The average Bonchev–Trinajstić information content (AvgIpc) is 2.80. The molecule has 1 aliphatic rings. The lowest BCUT2D eigenvalue weighted by molar-refractivity contribution is 0.303. The highest BCUT2D eigenvalue weighted by Crippen LogP contribution is 2.38. The normalized spacial score (nSPS) is 18.9. The zero-order chi connectivity index (χ0) is 21.9. The molecule has 1 heteroatoms. The molecule has 1 fully saturated rings. The Morgan fingerprint density at radius 1 is 0.710 bits per heavy atom. The van der Waals surface area contributed by atoms with Crippen molar-refractivity contribution < 1.29 is 0 Å². The van der Waals surface area contributed by atoms with Crippen molar-refractivity contribution in [1.82, 2.24) is 0 Å². The summed E-state index contributed by atoms with van der Waals surface area (Å²) in [6, 6.07) is 16.2. The van der Waals surface area contributed by atoms with Crippen molar-refractivity contribution in [2.75, 3.05) is 0 Å². The van der Waals surface area contributed by atoms with Gasteiger partial charge in [0, 0.05) is 5.02 Å². The van der Waals surface area contributed by atoms with Crippen LogP contribution in [0.3, 0.4) is 0 Å². The van der Waals surface area contributed by atoms with E-state index in [4.69, 9.17) is 11.6 Å². The van der Waals surface area contributed by atoms with Crippen LogP contribution in [-0.4, -0.2) is 0 Å². The van der Waals surface area contributed by atoms with Gasteiger partial charge in [-0.3, -0.25) is 0 Å². The quantitative estimate of drug-likeness (QED) is 0.289. The van der Waals surface area contributed by atoms with Gasteiger partial charge in [-0.15, -0.1) is 0 Å². The second kappa shape index (κ2) is 13.3. The summed E-state index contributed by atoms with van der Waals surface area (Å²) >= 11 is 6.72. The lowest BCUT2D eigenvalue weighted by atomic mass is 9.77. The third-order valence-corrected chi connectivity index (χ3v) is 7.74. The molecular weight excluding hydrogens is 396 g/mol. The number of hydrogen-bond donors (Lipinski definition) is 0. The van der Waals surface area contributed by atoms with Gasteiger partial charge in [0.2, 0.25) is 0 Å². The molecule has 1 aliphatic carbocycles. The number of unbranched alkanes of at least 4 members (excludes halogenated alkanes) is 4. The van der Waals surface area contributed by atoms with E-state index < -0.39 is 0 Å². The van der Waals surface area contributed by atoms with Crippen LogP contribution in [0.2, 0.25) is 5.02 Å². The molecular formula is C30H43Cl. The van der Waals surface area contributed by atoms with E-state index in [-0.39, 0.29) is 0 Å². The smallest absolute Gasteiger partial charge is 0.0440 e. The van der Waals surface area contributed by atoms with Crippen LogP contribution in [0.1, 0.15) is 113 Å². The highest BCUT2D eigenvalue weighted by molar-refractivity contribution is 6.31. The van der Waals surface area contributed by atoms with Gasteiger partial charge in [-0.05, 0) is 91.5 Å². The molecule has 0 heterocycles. The van der Waals surface area contributed by atoms with Crippen LogP contribution < -0.4 is 0 Å². The Morgan fingerprint density at radius 2 is 1.35 bits per heavy atom. The van der Waals surface area contributed by atoms with E-state index >= 15 is 0 Å². The highest BCUT2D eigenvalue weighted by atomic mass is 35.5. The minimum Gasteiger partial charge on any atom is -0.0840 e. The Hall–Kier alpha value is -1.27. The Labute approximate surface area is 196 Å². The van der Waals surface area contributed by atoms with Crippen molar-refractivity contribution in [2.45, 2.75) is 110 Å². The van der Waals surface area contributed by atoms with E-state index in [1.54, 1.807) is 0 Å². The topological polar surface area (TPSA) is 0 Å². The molecule has 0 aliphatic heterocycles. The molecule has 0 bridgehead atoms. The standard InChI is InChI=1S/C30H43Cl/c1-3-5-7-9-24-11-13-26(14-12-24)17-20-28-21-22-29(23-30(28)31)27-18-15-25(16-19-27)10-8-6-4-2/h11-14,21-23,25,27H,3-10,15-20H2,1-2H3/t25-,27-. The molecule has 0 amide bonds. The number of benzene rings is 2. The van der Waals surface area contributed by atoms with E-state index in [0.29, 0.717) is 5.92 Å². The summed E-state index contributed by atoms with van der Waals surface area (Å²) < 4.78 is 0. The minimum atomic E-state index is 0.717. The molecule has 0 spiro atoms. The van der Waals surface area contributed by atoms with Crippen LogP contribution in [0, 0.1) is 5.92 Å². The molecule has 31 heavy (non-hydrogen) atoms. The van der Waals surface area contributed by atoms with E-state index in [2.05, 4.69) is 56.3 Å². The third-order valence-electron chi connectivity index (χ3n) is 7.39. The van der Waals surface area contributed by atoms with Crippen molar-refractivity contribution in [1.29, 1.82) is 0 Å². The number of hydrogen-bond acceptors (Lipinski definition) is 0. The second-order valence-corrected chi connectivity index (χ2v) is 10.2. The summed E-state index contributed by atoms with van der Waals surface area (Å²) in [6.45, 7) is 4.57. The maximum absolute atomic E-state index is 6.72. The molecule has 0 N–H and O–H groups in total. The molecule has 0 unspecified atom stereocenters. The molecule has 1 saturated carbocycles. The Kier molecular flexibility index (Phi) is 10.5. The van der Waals surface area contributed by atoms with Crippen molar-refractivity contribution >= 4 is 11.6 Å². The lowest BCUT2D eigenvalue weighted by Crippen LogP contribution is -2.13. The molecule has 0 nitrogen and oxygen atoms in total. The summed E-state index contributed by atoms with van der Waals surface area (Å²) in [5.74, 6) is 1.69. The van der Waals surface area contributed by atoms with E-state index in [9.17, 15) is 0 Å². The van der Waals surface area contributed by atoms with Crippen LogP contribution in [0.4, 0.5) is 0 Å². The number of halogens is 1. The molecule has 170 valence electrons. The maximum atomic E-state index is 6.72. The number of rotatable bonds is 12. The lowest BCUT2D eigenvalue weighted by Gasteiger charge is -2.29. The Morgan fingerprint density at radius 3 is 2.00 bits per heavy atom. The first-order valence-corrected chi connectivity index (χ1v) is 13.4. The zero-order valence-electron chi connectivity index (χ0n) is 20.0. The zero-order valence-corrected chi connectivity index (χ0v) is 20.7. The first kappa shape index (κ1) is 24.4. The van der Waals surface area contributed by atoms with E-state index in [0.717, 1.165) is 23.8 Å². The van der Waals surface area contributed by atoms with Crippen LogP contribution in [0.5, 0.6) is 0 Å². The monoisotopic (exact) mass is 438 g/mol. The molecule has 2 aromatic rings. The molecule has 0 radical (unpaired) electrons. The van der Waals surface area contributed by atoms with Crippen molar-refractivity contribution in [2.24, 2.45) is 5.92 Å². The van der Waals surface area contributed by atoms with Crippen molar-refractivity contribution in [3.63, 3.8) is 0 Å². The van der Waals surface area contributed by atoms with Gasteiger partial charge in [0.25, 0.3) is 0 Å². The van der Waals surface area contributed by atoms with Gasteiger partial charge in [-0.25, -0.2) is 0 Å². The van der Waals surface area contributed by atoms with Gasteiger partial charge in [0.05, 0.1) is 0 Å². The summed E-state index contributed by atoms with van der Waals surface area (Å²) in [5.41, 5.74) is 5.66. The Bertz CT molecular complexity index is 752. The fourth-order valence-electron chi connectivity index (χ4n) is 5.22. The summed E-state index contributed by atoms with van der Waals surface area (Å²) in [4.78, 5) is 0. The molecule has 2 aromatic carbocycles. The average molecular weight is 439 g/mol. The van der Waals surface area contributed by atoms with Crippen LogP contribution in [0.15, 0.2) is 42.5 Å². The summed E-state index contributed by atoms with van der Waals surface area (Å²) in [6.07, 6.45) is 18.3. The fourth-order valence-corrected chi connectivity index (χ4v) is 5.50. The van der Waals surface area contributed by atoms with Gasteiger partial charge in [0.15, 0.2) is 0 Å². The van der Waals surface area contributed by atoms with Crippen LogP contribution in [-0.2, 0) is 19.3 Å². The van der Waals surface area contributed by atoms with Gasteiger partial charge in [0.1, 0.15) is 0 Å². The molecule has 0 saturated heterocycles. The Balaban J connectivity index is 1.46. The first-order chi connectivity index (χ1) is 15.2. The second-order valence-electron chi connectivity index (χ2n) is 9.84. The summed E-state index contributed by atoms with van der Waals surface area (Å²) in [7, 11) is 0. The van der Waals surface area contributed by atoms with Gasteiger partial charge in [-0.2, -0.15) is 0 Å². The van der Waals surface area contributed by atoms with Gasteiger partial charge in [-0.1, -0.05) is 100 Å². The molecule has 0 atom stereocenters. The highest BCUT2D eigenvalue weighted by Gasteiger charge is 2.22. The first-order valence-electron chi connectivity index (χ1n) is 13.1. The minimum absolute atomic E-state index is 0.717. The maximum Gasteiger partial charge on any atom is 0.0440 e. The van der Waals surface area contributed by atoms with Crippen molar-refractivity contribution in [3.8, 4) is 0 Å². The number of aryl methyl sites for hydroxylation is 3. The van der Waals surface area contributed by atoms with Crippen LogP contribution >= 0.6 is 11.6 Å². The predicted octanol–water partition coefficient (Wildman–Crippen LogP) is 9.71. The molecule has 0 aromatic heterocycles. The largest absolute Gasteiger partial charge is 0.0840 e. The van der Waals surface area contributed by atoms with Crippen LogP contribution in [0.25, 0.3) is 0 Å². The van der Waals surface area contributed by atoms with E-state index in [1.807, 2.05) is 0 Å². The predicted molar refractivity (Wildman–Crippen MR) is 137 cm³/mol. The summed E-state index contributed by atoms with van der Waals surface area (Å²) in [5, 5.41) is 0.971. The van der Waals surface area contributed by atoms with Crippen molar-refractivity contribution in [3.05, 3.63) is 69.7 Å². The SMILES string of the molecule is CCCCCc1ccc(CCc2ccc([C@H]3CC[C@H](CCCCC)CC3)cc2Cl)cc1. The fraction of sp³-hybridized carbons (Fsp3) is 0.600. The van der Waals surface area contributed by atoms with Gasteiger partial charge >= 0.3 is 0 Å². The van der Waals surface area contributed by atoms with Gasteiger partial charge < -0.3 is 0 Å². The molecule has 3 rings (SSSR count). The van der Waals surface area contributed by atoms with E-state index in [1.165, 1.54) is 99.3 Å². The third kappa shape index (κ3) is 7.98.